The van der Waals surface area contributed by atoms with Gasteiger partial charge < -0.3 is 26.6 Å². The number of hydrogen-bond donors (Lipinski definition) is 0. The summed E-state index contributed by atoms with van der Waals surface area (Å²) in [6.45, 7) is 17.0. The summed E-state index contributed by atoms with van der Waals surface area (Å²) in [5, 5.41) is 0. The lowest BCUT2D eigenvalue weighted by molar-refractivity contribution is -0.192. The first kappa shape index (κ1) is 29.8. The fourth-order valence-electron chi connectivity index (χ4n) is 7.79. The Bertz CT molecular complexity index is 1170. The van der Waals surface area contributed by atoms with Crippen molar-refractivity contribution in [1.82, 2.24) is 0 Å². The van der Waals surface area contributed by atoms with Crippen LogP contribution in [0.5, 0.6) is 0 Å². The van der Waals surface area contributed by atoms with Gasteiger partial charge in [0.2, 0.25) is 0 Å². The third kappa shape index (κ3) is 5.59. The van der Waals surface area contributed by atoms with Crippen molar-refractivity contribution in [2.24, 2.45) is 33.7 Å². The molecule has 0 radical (unpaired) electrons. The summed E-state index contributed by atoms with van der Waals surface area (Å²) >= 11 is 0. The van der Waals surface area contributed by atoms with E-state index in [4.69, 9.17) is 36.5 Å². The van der Waals surface area contributed by atoms with Gasteiger partial charge in [-0.2, -0.15) is 0 Å². The summed E-state index contributed by atoms with van der Waals surface area (Å²) in [6, 6.07) is 9.78. The number of rotatable bonds is 0. The molecule has 6 rings (SSSR count). The van der Waals surface area contributed by atoms with E-state index in [9.17, 15) is 0 Å². The molecule has 1 aromatic rings. The highest BCUT2D eigenvalue weighted by Crippen LogP contribution is 2.51. The molecule has 11 atom stereocenters. The number of fused-ring (bicyclic) bond motifs is 5. The lowest BCUT2D eigenvalue weighted by Gasteiger charge is -2.56. The molecular weight excluding hydrogens is 553 g/mol. The van der Waals surface area contributed by atoms with Crippen LogP contribution in [0.15, 0.2) is 34.3 Å². The average molecular weight is 601 g/mol. The Morgan fingerprint density at radius 1 is 0.659 bits per heavy atom. The van der Waals surface area contributed by atoms with Crippen molar-refractivity contribution in [2.45, 2.75) is 110 Å². The summed E-state index contributed by atoms with van der Waals surface area (Å²) in [7, 11) is -5.81. The van der Waals surface area contributed by atoms with Crippen LogP contribution >= 0.6 is 0 Å². The van der Waals surface area contributed by atoms with Gasteiger partial charge in [0.25, 0.3) is 0 Å². The van der Waals surface area contributed by atoms with Crippen molar-refractivity contribution in [2.75, 3.05) is 13.1 Å². The van der Waals surface area contributed by atoms with Crippen molar-refractivity contribution < 1.29 is 26.6 Å². The minimum atomic E-state index is -2.91. The fourth-order valence-corrected chi connectivity index (χ4v) is 15.1. The van der Waals surface area contributed by atoms with Crippen LogP contribution in [-0.2, 0) is 26.6 Å². The quantitative estimate of drug-likeness (QED) is 0.364. The molecule has 5 heterocycles. The molecule has 1 aromatic carbocycles. The van der Waals surface area contributed by atoms with Gasteiger partial charge >= 0.3 is 17.6 Å². The number of aliphatic imine (C=N–C) groups is 2. The molecule has 0 saturated carbocycles. The van der Waals surface area contributed by atoms with Gasteiger partial charge in [-0.3, -0.25) is 9.98 Å². The molecular formula is C31H48N2O6Si2. The van der Waals surface area contributed by atoms with E-state index >= 15 is 0 Å². The summed E-state index contributed by atoms with van der Waals surface area (Å²) in [6.07, 6.45) is 5.80. The van der Waals surface area contributed by atoms with E-state index in [0.717, 1.165) is 36.1 Å². The van der Waals surface area contributed by atoms with Gasteiger partial charge in [-0.25, -0.2) is 0 Å². The van der Waals surface area contributed by atoms with Gasteiger partial charge in [-0.1, -0.05) is 52.0 Å². The van der Waals surface area contributed by atoms with Gasteiger partial charge in [0, 0.05) is 72.4 Å². The maximum absolute atomic E-state index is 7.07. The van der Waals surface area contributed by atoms with Crippen molar-refractivity contribution in [3.8, 4) is 0 Å². The molecule has 41 heavy (non-hydrogen) atoms. The highest BCUT2D eigenvalue weighted by atomic mass is 28.4. The van der Waals surface area contributed by atoms with E-state index in [0.29, 0.717) is 19.0 Å². The molecule has 0 N–H and O–H groups in total. The highest BCUT2D eigenvalue weighted by Gasteiger charge is 2.66. The Labute approximate surface area is 247 Å². The molecule has 8 nitrogen and oxygen atoms in total. The van der Waals surface area contributed by atoms with Crippen molar-refractivity contribution in [1.29, 1.82) is 0 Å². The maximum atomic E-state index is 7.07. The zero-order chi connectivity index (χ0) is 29.0. The van der Waals surface area contributed by atoms with Crippen LogP contribution in [0.1, 0.15) is 72.4 Å². The SMILES string of the molecule is C[C@@H]1[C@H]2O[Si]3(CCCN=Cc4ccccc4C=NCCC[Si]45OC([C@H](C)[C@@H](O4)[C@H](C)[C@H]1O3)C(C)(C)O5)O[C@@H](C)[C@H]2C. The zero-order valence-electron chi connectivity index (χ0n) is 25.7. The van der Waals surface area contributed by atoms with Crippen LogP contribution in [0.3, 0.4) is 0 Å². The minimum absolute atomic E-state index is 0.00644. The Morgan fingerprint density at radius 3 is 1.78 bits per heavy atom. The van der Waals surface area contributed by atoms with Crippen molar-refractivity contribution >= 4 is 30.0 Å². The van der Waals surface area contributed by atoms with E-state index < -0.39 is 17.6 Å². The second kappa shape index (κ2) is 11.4. The van der Waals surface area contributed by atoms with Gasteiger partial charge in [0.1, 0.15) is 0 Å². The molecule has 226 valence electrons. The Balaban J connectivity index is 1.34. The van der Waals surface area contributed by atoms with E-state index in [1.165, 1.54) is 0 Å². The molecule has 6 bridgehead atoms. The summed E-state index contributed by atoms with van der Waals surface area (Å²) in [5.41, 5.74) is 1.75. The Hall–Kier alpha value is -1.25. The van der Waals surface area contributed by atoms with Crippen LogP contribution in [-0.4, -0.2) is 79.2 Å². The zero-order valence-corrected chi connectivity index (χ0v) is 27.7. The first-order valence-electron chi connectivity index (χ1n) is 15.7. The molecule has 5 aliphatic rings. The van der Waals surface area contributed by atoms with Crippen LogP contribution in [0.4, 0.5) is 0 Å². The predicted molar refractivity (Wildman–Crippen MR) is 164 cm³/mol. The third-order valence-corrected chi connectivity index (χ3v) is 16.1. The van der Waals surface area contributed by atoms with Crippen molar-refractivity contribution in [3.05, 3.63) is 35.4 Å². The predicted octanol–water partition coefficient (Wildman–Crippen LogP) is 5.54. The first-order valence-corrected chi connectivity index (χ1v) is 19.6. The van der Waals surface area contributed by atoms with Crippen molar-refractivity contribution in [3.63, 3.8) is 0 Å². The number of nitrogens with zero attached hydrogens (tertiary/aromatic N) is 2. The van der Waals surface area contributed by atoms with E-state index in [-0.39, 0.29) is 53.9 Å². The average Bonchev–Trinajstić information content (AvgIpc) is 3.17. The molecule has 4 fully saturated rings. The van der Waals surface area contributed by atoms with E-state index in [1.807, 2.05) is 24.6 Å². The topological polar surface area (TPSA) is 80.1 Å². The fraction of sp³-hybridized carbons (Fsp3) is 0.742. The molecule has 0 aliphatic carbocycles. The minimum Gasteiger partial charge on any atom is -0.370 e. The highest BCUT2D eigenvalue weighted by molar-refractivity contribution is 6.62. The monoisotopic (exact) mass is 600 g/mol. The standard InChI is InChI=1S/C31H48N2O6Si2/c1-20-24(5)34-40-16-10-14-32-18-25-12-8-9-13-26(25)19-33-15-11-17-41-37-29(23(4)30(38-41)31(6,7)39-41)22(3)28(36-40)21(2)27(20)35-40/h8-9,12-13,18-24,27-30H,10-11,14-17H2,1-7H3/t20-,21-,22-,23-,24+,27+,28+,29+,30?,40?,41?/m1/s1. The molecule has 2 spiro atoms. The molecule has 10 heteroatoms. The van der Waals surface area contributed by atoms with Gasteiger partial charge in [-0.05, 0) is 33.6 Å². The lowest BCUT2D eigenvalue weighted by atomic mass is 9.76. The van der Waals surface area contributed by atoms with Crippen LogP contribution in [0.25, 0.3) is 0 Å². The van der Waals surface area contributed by atoms with E-state index in [2.05, 4.69) is 60.6 Å². The third-order valence-electron chi connectivity index (χ3n) is 10.0. The summed E-state index contributed by atoms with van der Waals surface area (Å²) < 4.78 is 41.1. The molecule has 4 saturated heterocycles. The normalized spacial score (nSPS) is 46.2. The Kier molecular flexibility index (Phi) is 8.25. The second-order valence-electron chi connectivity index (χ2n) is 13.5. The largest absolute Gasteiger partial charge is 0.502 e. The maximum Gasteiger partial charge on any atom is 0.502 e. The number of benzene rings is 1. The van der Waals surface area contributed by atoms with Gasteiger partial charge in [0.15, 0.2) is 0 Å². The molecule has 5 aliphatic heterocycles. The first-order chi connectivity index (χ1) is 19.5. The summed E-state index contributed by atoms with van der Waals surface area (Å²) in [4.78, 5) is 9.54. The summed E-state index contributed by atoms with van der Waals surface area (Å²) in [5.74, 6) is 0.848. The van der Waals surface area contributed by atoms with Crippen LogP contribution in [0, 0.1) is 23.7 Å². The van der Waals surface area contributed by atoms with E-state index in [1.54, 1.807) is 0 Å². The van der Waals surface area contributed by atoms with Crippen LogP contribution in [0.2, 0.25) is 12.1 Å². The molecule has 0 aromatic heterocycles. The Morgan fingerprint density at radius 2 is 1.17 bits per heavy atom. The number of hydrogen-bond acceptors (Lipinski definition) is 8. The van der Waals surface area contributed by atoms with Gasteiger partial charge in [0.05, 0.1) is 36.1 Å². The molecule has 3 unspecified atom stereocenters. The van der Waals surface area contributed by atoms with Crippen LogP contribution < -0.4 is 0 Å². The lowest BCUT2D eigenvalue weighted by Crippen LogP contribution is -2.68. The molecule has 0 amide bonds. The van der Waals surface area contributed by atoms with Gasteiger partial charge in [-0.15, -0.1) is 0 Å². The smallest absolute Gasteiger partial charge is 0.370 e. The second-order valence-corrected chi connectivity index (χ2v) is 18.6.